The summed E-state index contributed by atoms with van der Waals surface area (Å²) >= 11 is 0. The molecule has 94 valence electrons. The molecule has 0 radical (unpaired) electrons. The second-order valence-corrected chi connectivity index (χ2v) is 5.59. The summed E-state index contributed by atoms with van der Waals surface area (Å²) < 4.78 is 0. The minimum Gasteiger partial charge on any atom is -0.311 e. The Morgan fingerprint density at radius 1 is 1.25 bits per heavy atom. The van der Waals surface area contributed by atoms with E-state index in [1.807, 2.05) is 0 Å². The van der Waals surface area contributed by atoms with Crippen LogP contribution >= 0.6 is 0 Å². The van der Waals surface area contributed by atoms with Gasteiger partial charge in [-0.1, -0.05) is 6.92 Å². The summed E-state index contributed by atoms with van der Waals surface area (Å²) in [6.45, 7) is 9.91. The molecular weight excluding hydrogens is 198 g/mol. The smallest absolute Gasteiger partial charge is 0.0192 e. The zero-order valence-electron chi connectivity index (χ0n) is 10.9. The highest BCUT2D eigenvalue weighted by Crippen LogP contribution is 2.17. The standard InChI is InChI=1S/C13H27N3/c1-3-13-11-16(8-6-14-13)10-12-5-4-7-15(2)9-12/h12-14H,3-11H2,1-2H3. The average Bonchev–Trinajstić information content (AvgIpc) is 2.29. The Kier molecular flexibility index (Phi) is 4.62. The summed E-state index contributed by atoms with van der Waals surface area (Å²) in [5.41, 5.74) is 0. The highest BCUT2D eigenvalue weighted by atomic mass is 15.2. The lowest BCUT2D eigenvalue weighted by Gasteiger charge is -2.38. The number of likely N-dealkylation sites (tertiary alicyclic amines) is 1. The van der Waals surface area contributed by atoms with E-state index in [1.54, 1.807) is 0 Å². The van der Waals surface area contributed by atoms with E-state index >= 15 is 0 Å². The molecule has 16 heavy (non-hydrogen) atoms. The molecule has 2 unspecified atom stereocenters. The Morgan fingerprint density at radius 2 is 2.12 bits per heavy atom. The van der Waals surface area contributed by atoms with Gasteiger partial charge < -0.3 is 15.1 Å². The largest absolute Gasteiger partial charge is 0.311 e. The molecule has 3 nitrogen and oxygen atoms in total. The first kappa shape index (κ1) is 12.3. The Hall–Kier alpha value is -0.120. The van der Waals surface area contributed by atoms with Crippen LogP contribution < -0.4 is 5.32 Å². The number of hydrogen-bond donors (Lipinski definition) is 1. The summed E-state index contributed by atoms with van der Waals surface area (Å²) in [6, 6.07) is 0.732. The minimum atomic E-state index is 0.732. The maximum absolute atomic E-state index is 3.59. The van der Waals surface area contributed by atoms with Crippen LogP contribution in [-0.4, -0.2) is 62.2 Å². The van der Waals surface area contributed by atoms with Gasteiger partial charge in [0.15, 0.2) is 0 Å². The Bertz CT molecular complexity index is 207. The molecule has 2 atom stereocenters. The summed E-state index contributed by atoms with van der Waals surface area (Å²) in [4.78, 5) is 5.17. The van der Waals surface area contributed by atoms with E-state index in [1.165, 1.54) is 58.5 Å². The van der Waals surface area contributed by atoms with Crippen LogP contribution in [0.3, 0.4) is 0 Å². The minimum absolute atomic E-state index is 0.732. The topological polar surface area (TPSA) is 18.5 Å². The van der Waals surface area contributed by atoms with Gasteiger partial charge in [-0.3, -0.25) is 0 Å². The van der Waals surface area contributed by atoms with E-state index in [0.717, 1.165) is 12.0 Å². The fourth-order valence-corrected chi connectivity index (χ4v) is 3.12. The van der Waals surface area contributed by atoms with Crippen molar-refractivity contribution >= 4 is 0 Å². The Balaban J connectivity index is 1.75. The molecule has 0 aromatic carbocycles. The second kappa shape index (κ2) is 5.99. The first-order chi connectivity index (χ1) is 7.78. The normalized spacial score (nSPS) is 34.1. The van der Waals surface area contributed by atoms with Gasteiger partial charge in [0, 0.05) is 38.8 Å². The van der Waals surface area contributed by atoms with Crippen molar-refractivity contribution in [1.29, 1.82) is 0 Å². The van der Waals surface area contributed by atoms with Gasteiger partial charge in [-0.05, 0) is 38.8 Å². The van der Waals surface area contributed by atoms with Crippen molar-refractivity contribution in [1.82, 2.24) is 15.1 Å². The molecule has 2 heterocycles. The molecule has 2 aliphatic rings. The molecule has 0 aromatic heterocycles. The molecular formula is C13H27N3. The quantitative estimate of drug-likeness (QED) is 0.773. The molecule has 1 N–H and O–H groups in total. The molecule has 0 aliphatic carbocycles. The molecule has 0 amide bonds. The SMILES string of the molecule is CCC1CN(CC2CCCN(C)C2)CCN1. The van der Waals surface area contributed by atoms with Gasteiger partial charge >= 0.3 is 0 Å². The van der Waals surface area contributed by atoms with Crippen molar-refractivity contribution in [3.8, 4) is 0 Å². The van der Waals surface area contributed by atoms with E-state index in [4.69, 9.17) is 0 Å². The van der Waals surface area contributed by atoms with Crippen molar-refractivity contribution in [3.05, 3.63) is 0 Å². The summed E-state index contributed by atoms with van der Waals surface area (Å²) in [6.07, 6.45) is 4.09. The fraction of sp³-hybridized carbons (Fsp3) is 1.00. The van der Waals surface area contributed by atoms with E-state index < -0.39 is 0 Å². The van der Waals surface area contributed by atoms with Crippen LogP contribution in [-0.2, 0) is 0 Å². The molecule has 3 heteroatoms. The predicted octanol–water partition coefficient (Wildman–Crippen LogP) is 1.01. The van der Waals surface area contributed by atoms with Crippen molar-refractivity contribution in [2.75, 3.05) is 46.3 Å². The van der Waals surface area contributed by atoms with Crippen molar-refractivity contribution in [2.45, 2.75) is 32.2 Å². The number of piperidine rings is 1. The Labute approximate surface area is 100 Å². The second-order valence-electron chi connectivity index (χ2n) is 5.59. The van der Waals surface area contributed by atoms with Crippen LogP contribution in [0, 0.1) is 5.92 Å². The molecule has 2 rings (SSSR count). The number of piperazine rings is 1. The maximum Gasteiger partial charge on any atom is 0.0192 e. The van der Waals surface area contributed by atoms with Gasteiger partial charge in [0.2, 0.25) is 0 Å². The van der Waals surface area contributed by atoms with Gasteiger partial charge in [-0.25, -0.2) is 0 Å². The third-order valence-corrected chi connectivity index (χ3v) is 4.07. The lowest BCUT2D eigenvalue weighted by molar-refractivity contribution is 0.126. The van der Waals surface area contributed by atoms with Gasteiger partial charge in [0.1, 0.15) is 0 Å². The number of hydrogen-bond acceptors (Lipinski definition) is 3. The molecule has 2 aliphatic heterocycles. The zero-order valence-corrected chi connectivity index (χ0v) is 10.9. The predicted molar refractivity (Wildman–Crippen MR) is 68.7 cm³/mol. The van der Waals surface area contributed by atoms with Gasteiger partial charge in [0.05, 0.1) is 0 Å². The third kappa shape index (κ3) is 3.44. The van der Waals surface area contributed by atoms with Gasteiger partial charge in [-0.2, -0.15) is 0 Å². The molecule has 0 aromatic rings. The first-order valence-corrected chi connectivity index (χ1v) is 6.92. The number of nitrogens with one attached hydrogen (secondary N) is 1. The number of rotatable bonds is 3. The summed E-state index contributed by atoms with van der Waals surface area (Å²) in [5, 5.41) is 3.59. The van der Waals surface area contributed by atoms with E-state index in [9.17, 15) is 0 Å². The number of nitrogens with zero attached hydrogens (tertiary/aromatic N) is 2. The van der Waals surface area contributed by atoms with Crippen LogP contribution in [0.1, 0.15) is 26.2 Å². The highest BCUT2D eigenvalue weighted by molar-refractivity contribution is 4.81. The van der Waals surface area contributed by atoms with Gasteiger partial charge in [0.25, 0.3) is 0 Å². The highest BCUT2D eigenvalue weighted by Gasteiger charge is 2.23. The van der Waals surface area contributed by atoms with Crippen LogP contribution in [0.25, 0.3) is 0 Å². The monoisotopic (exact) mass is 225 g/mol. The molecule has 2 saturated heterocycles. The fourth-order valence-electron chi connectivity index (χ4n) is 3.12. The zero-order chi connectivity index (χ0) is 11.4. The van der Waals surface area contributed by atoms with E-state index in [2.05, 4.69) is 29.1 Å². The van der Waals surface area contributed by atoms with Crippen molar-refractivity contribution < 1.29 is 0 Å². The summed E-state index contributed by atoms with van der Waals surface area (Å²) in [7, 11) is 2.26. The van der Waals surface area contributed by atoms with Crippen molar-refractivity contribution in [3.63, 3.8) is 0 Å². The van der Waals surface area contributed by atoms with Crippen LogP contribution in [0.4, 0.5) is 0 Å². The van der Waals surface area contributed by atoms with Crippen LogP contribution in [0.15, 0.2) is 0 Å². The first-order valence-electron chi connectivity index (χ1n) is 6.92. The van der Waals surface area contributed by atoms with Crippen LogP contribution in [0.5, 0.6) is 0 Å². The van der Waals surface area contributed by atoms with E-state index in [0.29, 0.717) is 0 Å². The molecule has 0 bridgehead atoms. The maximum atomic E-state index is 3.59. The lowest BCUT2D eigenvalue weighted by atomic mass is 9.97. The van der Waals surface area contributed by atoms with Crippen LogP contribution in [0.2, 0.25) is 0 Å². The Morgan fingerprint density at radius 3 is 2.88 bits per heavy atom. The third-order valence-electron chi connectivity index (χ3n) is 4.07. The molecule has 0 saturated carbocycles. The van der Waals surface area contributed by atoms with E-state index in [-0.39, 0.29) is 0 Å². The van der Waals surface area contributed by atoms with Crippen molar-refractivity contribution in [2.24, 2.45) is 5.92 Å². The van der Waals surface area contributed by atoms with Gasteiger partial charge in [-0.15, -0.1) is 0 Å². The lowest BCUT2D eigenvalue weighted by Crippen LogP contribution is -2.52. The average molecular weight is 225 g/mol. The summed E-state index contributed by atoms with van der Waals surface area (Å²) in [5.74, 6) is 0.911. The molecule has 2 fully saturated rings. The molecule has 0 spiro atoms.